The fourth-order valence-electron chi connectivity index (χ4n) is 2.42. The monoisotopic (exact) mass is 392 g/mol. The van der Waals surface area contributed by atoms with Gasteiger partial charge in [-0.2, -0.15) is 0 Å². The van der Waals surface area contributed by atoms with Crippen LogP contribution in [0, 0.1) is 11.2 Å². The Morgan fingerprint density at radius 3 is 2.59 bits per heavy atom. The van der Waals surface area contributed by atoms with E-state index >= 15 is 0 Å². The van der Waals surface area contributed by atoms with E-state index in [0.717, 1.165) is 11.6 Å². The number of nitrogens with one attached hydrogen (secondary N) is 2. The van der Waals surface area contributed by atoms with E-state index < -0.39 is 23.0 Å². The first-order chi connectivity index (χ1) is 12.8. The second kappa shape index (κ2) is 7.44. The summed E-state index contributed by atoms with van der Waals surface area (Å²) in [6, 6.07) is 9.15. The molecule has 1 aliphatic heterocycles. The Kier molecular flexibility index (Phi) is 5.23. The van der Waals surface area contributed by atoms with Crippen molar-refractivity contribution in [2.24, 2.45) is 5.41 Å². The fourth-order valence-corrected chi connectivity index (χ4v) is 2.60. The zero-order valence-corrected chi connectivity index (χ0v) is 15.5. The highest BCUT2D eigenvalue weighted by molar-refractivity contribution is 6.31. The van der Waals surface area contributed by atoms with Crippen LogP contribution >= 0.6 is 11.6 Å². The molecule has 2 amide bonds. The fraction of sp³-hybridized carbons (Fsp3) is 0.263. The minimum absolute atomic E-state index is 0.113. The van der Waals surface area contributed by atoms with Gasteiger partial charge in [0.2, 0.25) is 18.6 Å². The zero-order valence-electron chi connectivity index (χ0n) is 14.8. The molecule has 0 aromatic heterocycles. The molecule has 0 radical (unpaired) electrons. The molecule has 0 aliphatic carbocycles. The molecule has 27 heavy (non-hydrogen) atoms. The summed E-state index contributed by atoms with van der Waals surface area (Å²) in [5, 5.41) is 5.20. The maximum absolute atomic E-state index is 13.2. The van der Waals surface area contributed by atoms with Gasteiger partial charge in [-0.15, -0.1) is 0 Å². The van der Waals surface area contributed by atoms with Gasteiger partial charge in [-0.1, -0.05) is 17.7 Å². The van der Waals surface area contributed by atoms with E-state index in [4.69, 9.17) is 21.1 Å². The molecule has 0 unspecified atom stereocenters. The van der Waals surface area contributed by atoms with Crippen LogP contribution in [0.3, 0.4) is 0 Å². The largest absolute Gasteiger partial charge is 0.454 e. The molecule has 2 aromatic rings. The number of anilines is 1. The summed E-state index contributed by atoms with van der Waals surface area (Å²) in [4.78, 5) is 25.0. The van der Waals surface area contributed by atoms with Gasteiger partial charge in [0.1, 0.15) is 11.2 Å². The number of amides is 2. The Morgan fingerprint density at radius 1 is 1.11 bits per heavy atom. The van der Waals surface area contributed by atoms with Crippen LogP contribution in [0.15, 0.2) is 36.4 Å². The summed E-state index contributed by atoms with van der Waals surface area (Å²) in [5.41, 5.74) is -0.228. The highest BCUT2D eigenvalue weighted by atomic mass is 35.5. The summed E-state index contributed by atoms with van der Waals surface area (Å²) in [7, 11) is 0. The lowest BCUT2D eigenvalue weighted by atomic mass is 9.90. The third kappa shape index (κ3) is 4.14. The molecular formula is C19H18ClFN2O4. The Morgan fingerprint density at radius 2 is 1.85 bits per heavy atom. The quantitative estimate of drug-likeness (QED) is 0.764. The van der Waals surface area contributed by atoms with Crippen LogP contribution in [0.4, 0.5) is 10.1 Å². The zero-order chi connectivity index (χ0) is 19.6. The molecule has 0 saturated heterocycles. The number of hydrogen-bond donors (Lipinski definition) is 2. The normalized spacial score (nSPS) is 12.6. The number of ether oxygens (including phenoxy) is 2. The number of hydrogen-bond acceptors (Lipinski definition) is 4. The van der Waals surface area contributed by atoms with Gasteiger partial charge in [0.05, 0.1) is 5.02 Å². The minimum atomic E-state index is -1.35. The summed E-state index contributed by atoms with van der Waals surface area (Å²) in [6.07, 6.45) is 0. The maximum atomic E-state index is 13.2. The summed E-state index contributed by atoms with van der Waals surface area (Å²) in [5.74, 6) is -0.302. The van der Waals surface area contributed by atoms with Crippen molar-refractivity contribution in [3.8, 4) is 11.5 Å². The first kappa shape index (κ1) is 19.0. The minimum Gasteiger partial charge on any atom is -0.454 e. The average molecular weight is 393 g/mol. The number of benzene rings is 2. The smallest absolute Gasteiger partial charge is 0.239 e. The van der Waals surface area contributed by atoms with E-state index in [1.807, 2.05) is 0 Å². The Labute approximate surface area is 160 Å². The number of rotatable bonds is 5. The highest BCUT2D eigenvalue weighted by Crippen LogP contribution is 2.32. The van der Waals surface area contributed by atoms with Gasteiger partial charge in [0.25, 0.3) is 0 Å². The lowest BCUT2D eigenvalue weighted by Crippen LogP contribution is -2.44. The summed E-state index contributed by atoms with van der Waals surface area (Å²) < 4.78 is 23.8. The van der Waals surface area contributed by atoms with Crippen LogP contribution in [0.25, 0.3) is 0 Å². The Bertz CT molecular complexity index is 901. The Balaban J connectivity index is 1.61. The molecule has 3 rings (SSSR count). The molecule has 0 saturated carbocycles. The second-order valence-corrected chi connectivity index (χ2v) is 6.99. The Hall–Kier alpha value is -2.80. The van der Waals surface area contributed by atoms with Crippen molar-refractivity contribution in [1.82, 2.24) is 5.32 Å². The molecule has 6 nitrogen and oxygen atoms in total. The molecular weight excluding hydrogens is 375 g/mol. The molecule has 8 heteroatoms. The van der Waals surface area contributed by atoms with Crippen molar-refractivity contribution in [2.75, 3.05) is 12.1 Å². The van der Waals surface area contributed by atoms with Crippen molar-refractivity contribution in [1.29, 1.82) is 0 Å². The molecule has 1 aliphatic rings. The molecule has 2 aromatic carbocycles. The predicted octanol–water partition coefficient (Wildman–Crippen LogP) is 3.49. The summed E-state index contributed by atoms with van der Waals surface area (Å²) in [6.45, 7) is 3.41. The van der Waals surface area contributed by atoms with Crippen LogP contribution in [0.2, 0.25) is 5.02 Å². The number of fused-ring (bicyclic) bond motifs is 1. The topological polar surface area (TPSA) is 76.7 Å². The first-order valence-corrected chi connectivity index (χ1v) is 8.58. The standard InChI is InChI=1S/C19H18ClFN2O4/c1-19(2,18(25)23-12-4-5-14(21)13(20)8-12)17(24)22-9-11-3-6-15-16(7-11)27-10-26-15/h3-8H,9-10H2,1-2H3,(H,22,24)(H,23,25). The highest BCUT2D eigenvalue weighted by Gasteiger charge is 2.36. The third-order valence-electron chi connectivity index (χ3n) is 4.20. The van der Waals surface area contributed by atoms with Gasteiger partial charge >= 0.3 is 0 Å². The van der Waals surface area contributed by atoms with Crippen molar-refractivity contribution in [3.63, 3.8) is 0 Å². The lowest BCUT2D eigenvalue weighted by molar-refractivity contribution is -0.138. The van der Waals surface area contributed by atoms with Gasteiger partial charge in [-0.05, 0) is 49.7 Å². The average Bonchev–Trinajstić information content (AvgIpc) is 3.10. The molecule has 1 heterocycles. The molecule has 142 valence electrons. The lowest BCUT2D eigenvalue weighted by Gasteiger charge is -2.23. The molecule has 0 bridgehead atoms. The van der Waals surface area contributed by atoms with E-state index in [-0.39, 0.29) is 18.4 Å². The molecule has 2 N–H and O–H groups in total. The van der Waals surface area contributed by atoms with Gasteiger partial charge < -0.3 is 20.1 Å². The number of carbonyl (C=O) groups is 2. The predicted molar refractivity (Wildman–Crippen MR) is 98.2 cm³/mol. The van der Waals surface area contributed by atoms with Gasteiger partial charge in [-0.25, -0.2) is 4.39 Å². The van der Waals surface area contributed by atoms with Crippen LogP contribution in [-0.4, -0.2) is 18.6 Å². The van der Waals surface area contributed by atoms with Gasteiger partial charge in [0, 0.05) is 12.2 Å². The van der Waals surface area contributed by atoms with Crippen LogP contribution in [0.1, 0.15) is 19.4 Å². The van der Waals surface area contributed by atoms with Crippen molar-refractivity contribution in [2.45, 2.75) is 20.4 Å². The van der Waals surface area contributed by atoms with E-state index in [2.05, 4.69) is 10.6 Å². The van der Waals surface area contributed by atoms with Crippen LogP contribution in [-0.2, 0) is 16.1 Å². The van der Waals surface area contributed by atoms with E-state index in [1.165, 1.54) is 26.0 Å². The number of carbonyl (C=O) groups excluding carboxylic acids is 2. The SMILES string of the molecule is CC(C)(C(=O)NCc1ccc2c(c1)OCO2)C(=O)Nc1ccc(F)c(Cl)c1. The third-order valence-corrected chi connectivity index (χ3v) is 4.49. The van der Waals surface area contributed by atoms with Crippen molar-refractivity contribution >= 4 is 29.1 Å². The number of halogens is 2. The maximum Gasteiger partial charge on any atom is 0.239 e. The second-order valence-electron chi connectivity index (χ2n) is 6.58. The van der Waals surface area contributed by atoms with Crippen LogP contribution in [0.5, 0.6) is 11.5 Å². The molecule has 0 atom stereocenters. The summed E-state index contributed by atoms with van der Waals surface area (Å²) >= 11 is 5.71. The van der Waals surface area contributed by atoms with E-state index in [0.29, 0.717) is 17.2 Å². The first-order valence-electron chi connectivity index (χ1n) is 8.20. The molecule has 0 spiro atoms. The molecule has 0 fully saturated rings. The van der Waals surface area contributed by atoms with Crippen molar-refractivity contribution < 1.29 is 23.5 Å². The van der Waals surface area contributed by atoms with Crippen LogP contribution < -0.4 is 20.1 Å². The van der Waals surface area contributed by atoms with E-state index in [1.54, 1.807) is 18.2 Å². The van der Waals surface area contributed by atoms with E-state index in [9.17, 15) is 14.0 Å². The van der Waals surface area contributed by atoms with Gasteiger partial charge in [-0.3, -0.25) is 9.59 Å². The van der Waals surface area contributed by atoms with Gasteiger partial charge in [0.15, 0.2) is 11.5 Å². The van der Waals surface area contributed by atoms with Crippen molar-refractivity contribution in [3.05, 3.63) is 52.8 Å².